The zero-order valence-electron chi connectivity index (χ0n) is 11.3. The molecule has 0 saturated carbocycles. The van der Waals surface area contributed by atoms with Gasteiger partial charge in [-0.1, -0.05) is 0 Å². The molecule has 1 unspecified atom stereocenters. The number of hydrogen-bond acceptors (Lipinski definition) is 3. The van der Waals surface area contributed by atoms with E-state index in [0.717, 1.165) is 18.0 Å². The summed E-state index contributed by atoms with van der Waals surface area (Å²) in [5.41, 5.74) is 5.42. The van der Waals surface area contributed by atoms with Crippen LogP contribution in [0, 0.1) is 17.0 Å². The highest BCUT2D eigenvalue weighted by molar-refractivity contribution is 5.58. The molecule has 1 aromatic rings. The average molecular weight is 281 g/mol. The third-order valence-corrected chi connectivity index (χ3v) is 2.89. The van der Waals surface area contributed by atoms with Gasteiger partial charge < -0.3 is 15.7 Å². The van der Waals surface area contributed by atoms with E-state index in [4.69, 9.17) is 5.41 Å². The van der Waals surface area contributed by atoms with Gasteiger partial charge in [-0.15, -0.1) is 0 Å². The minimum atomic E-state index is -0.613. The maximum Gasteiger partial charge on any atom is 0.149 e. The summed E-state index contributed by atoms with van der Waals surface area (Å²) >= 11 is 0. The minimum Gasteiger partial charge on any atom is -0.512 e. The summed E-state index contributed by atoms with van der Waals surface area (Å²) in [5.74, 6) is -1.01. The maximum atomic E-state index is 13.6. The summed E-state index contributed by atoms with van der Waals surface area (Å²) in [5, 5.41) is 15.3. The predicted molar refractivity (Wildman–Crippen MR) is 75.7 cm³/mol. The van der Waals surface area contributed by atoms with Crippen molar-refractivity contribution in [3.05, 3.63) is 53.4 Å². The Bertz CT molecular complexity index is 551. The molecule has 6 heteroatoms. The van der Waals surface area contributed by atoms with Crippen molar-refractivity contribution in [3.8, 4) is 0 Å². The second-order valence-electron chi connectivity index (χ2n) is 4.20. The summed E-state index contributed by atoms with van der Waals surface area (Å²) in [6.07, 6.45) is 4.15. The van der Waals surface area contributed by atoms with E-state index in [1.165, 1.54) is 12.1 Å². The molecule has 1 atom stereocenters. The summed E-state index contributed by atoms with van der Waals surface area (Å²) < 4.78 is 26.4. The molecule has 1 aliphatic heterocycles. The molecule has 1 aromatic carbocycles. The van der Waals surface area contributed by atoms with Crippen molar-refractivity contribution in [2.75, 3.05) is 4.90 Å². The summed E-state index contributed by atoms with van der Waals surface area (Å²) in [6, 6.07) is 3.29. The Hall–Kier alpha value is -2.37. The largest absolute Gasteiger partial charge is 0.512 e. The summed E-state index contributed by atoms with van der Waals surface area (Å²) in [7, 11) is 0. The lowest BCUT2D eigenvalue weighted by atomic mass is 10.1. The van der Waals surface area contributed by atoms with Gasteiger partial charge in [-0.3, -0.25) is 5.41 Å². The van der Waals surface area contributed by atoms with E-state index in [0.29, 0.717) is 5.69 Å². The van der Waals surface area contributed by atoms with E-state index in [2.05, 4.69) is 5.73 Å². The topological polar surface area (TPSA) is 73.3 Å². The Balaban J connectivity index is 0.000000612. The number of benzene rings is 1. The van der Waals surface area contributed by atoms with Crippen molar-refractivity contribution < 1.29 is 13.9 Å². The van der Waals surface area contributed by atoms with E-state index < -0.39 is 11.6 Å². The zero-order valence-corrected chi connectivity index (χ0v) is 11.3. The molecule has 4 N–H and O–H groups in total. The first-order valence-corrected chi connectivity index (χ1v) is 5.94. The van der Waals surface area contributed by atoms with Crippen molar-refractivity contribution >= 4 is 12.0 Å². The fourth-order valence-electron chi connectivity index (χ4n) is 1.98. The van der Waals surface area contributed by atoms with Crippen LogP contribution in [0.25, 0.3) is 0 Å². The van der Waals surface area contributed by atoms with Crippen molar-refractivity contribution in [1.29, 1.82) is 5.41 Å². The van der Waals surface area contributed by atoms with Crippen molar-refractivity contribution in [2.24, 2.45) is 5.73 Å². The maximum absolute atomic E-state index is 13.6. The highest BCUT2D eigenvalue weighted by Crippen LogP contribution is 2.30. The van der Waals surface area contributed by atoms with Gasteiger partial charge in [-0.2, -0.15) is 0 Å². The van der Waals surface area contributed by atoms with Gasteiger partial charge >= 0.3 is 0 Å². The van der Waals surface area contributed by atoms with E-state index in [-0.39, 0.29) is 11.8 Å². The first-order chi connectivity index (χ1) is 9.42. The van der Waals surface area contributed by atoms with Crippen LogP contribution in [-0.4, -0.2) is 17.5 Å². The molecule has 0 aliphatic carbocycles. The van der Waals surface area contributed by atoms with Crippen molar-refractivity contribution in [3.63, 3.8) is 0 Å². The van der Waals surface area contributed by atoms with Crippen LogP contribution in [-0.2, 0) is 0 Å². The number of aliphatic hydroxyl groups is 1. The second kappa shape index (κ2) is 6.70. The van der Waals surface area contributed by atoms with Gasteiger partial charge in [0.15, 0.2) is 0 Å². The Morgan fingerprint density at radius 3 is 2.50 bits per heavy atom. The SMILES string of the molecule is C/C(O)=C1/C=CN(c2ccc(F)cc2F)C1C.N=CN. The molecular formula is C14H17F2N3O. The molecule has 0 saturated heterocycles. The first kappa shape index (κ1) is 15.7. The smallest absolute Gasteiger partial charge is 0.149 e. The number of nitrogens with zero attached hydrogens (tertiary/aromatic N) is 1. The fourth-order valence-corrected chi connectivity index (χ4v) is 1.98. The molecule has 0 spiro atoms. The Labute approximate surface area is 116 Å². The van der Waals surface area contributed by atoms with E-state index in [1.807, 2.05) is 6.92 Å². The standard InChI is InChI=1S/C13H13F2NO.CH4N2/c1-8-11(9(2)17)5-6-16(8)13-4-3-10(14)7-12(13)15;2-1-3/h3-8,17H,1-2H3;1H,(H3,2,3)/b11-9+;. The third kappa shape index (κ3) is 3.34. The van der Waals surface area contributed by atoms with Crippen molar-refractivity contribution in [2.45, 2.75) is 19.9 Å². The summed E-state index contributed by atoms with van der Waals surface area (Å²) in [4.78, 5) is 1.66. The number of halogens is 2. The molecule has 108 valence electrons. The van der Waals surface area contributed by atoms with Crippen LogP contribution in [0.4, 0.5) is 14.5 Å². The fraction of sp³-hybridized carbons (Fsp3) is 0.214. The molecule has 0 bridgehead atoms. The van der Waals surface area contributed by atoms with Crippen LogP contribution in [0.5, 0.6) is 0 Å². The number of aliphatic hydroxyl groups excluding tert-OH is 1. The summed E-state index contributed by atoms with van der Waals surface area (Å²) in [6.45, 7) is 3.43. The van der Waals surface area contributed by atoms with Crippen LogP contribution in [0.2, 0.25) is 0 Å². The van der Waals surface area contributed by atoms with E-state index in [1.54, 1.807) is 24.1 Å². The lowest BCUT2D eigenvalue weighted by Gasteiger charge is -2.23. The number of anilines is 1. The molecule has 20 heavy (non-hydrogen) atoms. The van der Waals surface area contributed by atoms with Gasteiger partial charge in [0.25, 0.3) is 0 Å². The van der Waals surface area contributed by atoms with Gasteiger partial charge in [0.2, 0.25) is 0 Å². The zero-order chi connectivity index (χ0) is 15.3. The van der Waals surface area contributed by atoms with E-state index in [9.17, 15) is 13.9 Å². The normalized spacial score (nSPS) is 19.4. The van der Waals surface area contributed by atoms with Crippen LogP contribution in [0.15, 0.2) is 41.8 Å². The van der Waals surface area contributed by atoms with E-state index >= 15 is 0 Å². The van der Waals surface area contributed by atoms with Gasteiger partial charge in [0.05, 0.1) is 23.8 Å². The second-order valence-corrected chi connectivity index (χ2v) is 4.20. The number of rotatable bonds is 1. The minimum absolute atomic E-state index is 0.167. The van der Waals surface area contributed by atoms with Crippen LogP contribution < -0.4 is 10.6 Å². The number of nitrogens with two attached hydrogens (primary N) is 1. The molecule has 0 aromatic heterocycles. The monoisotopic (exact) mass is 281 g/mol. The van der Waals surface area contributed by atoms with Gasteiger partial charge in [-0.05, 0) is 32.1 Å². The number of nitrogens with one attached hydrogen (secondary N) is 1. The number of allylic oxidation sites excluding steroid dienone is 1. The number of hydrogen-bond donors (Lipinski definition) is 3. The lowest BCUT2D eigenvalue weighted by molar-refractivity contribution is 0.405. The van der Waals surface area contributed by atoms with Gasteiger partial charge in [-0.25, -0.2) is 8.78 Å². The molecule has 4 nitrogen and oxygen atoms in total. The first-order valence-electron chi connectivity index (χ1n) is 5.94. The molecular weight excluding hydrogens is 264 g/mol. The van der Waals surface area contributed by atoms with Gasteiger partial charge in [0, 0.05) is 17.8 Å². The van der Waals surface area contributed by atoms with Crippen LogP contribution in [0.3, 0.4) is 0 Å². The van der Waals surface area contributed by atoms with Gasteiger partial charge in [0.1, 0.15) is 11.6 Å². The highest BCUT2D eigenvalue weighted by Gasteiger charge is 2.24. The average Bonchev–Trinajstić information content (AvgIpc) is 2.72. The lowest BCUT2D eigenvalue weighted by Crippen LogP contribution is -2.25. The molecule has 0 amide bonds. The molecule has 1 aliphatic rings. The van der Waals surface area contributed by atoms with Crippen molar-refractivity contribution in [1.82, 2.24) is 0 Å². The Morgan fingerprint density at radius 2 is 2.05 bits per heavy atom. The Morgan fingerprint density at radius 1 is 1.45 bits per heavy atom. The molecule has 0 radical (unpaired) electrons. The highest BCUT2D eigenvalue weighted by atomic mass is 19.1. The third-order valence-electron chi connectivity index (χ3n) is 2.89. The molecule has 0 fully saturated rings. The Kier molecular flexibility index (Phi) is 5.25. The quantitative estimate of drug-likeness (QED) is 0.421. The molecule has 1 heterocycles. The predicted octanol–water partition coefficient (Wildman–Crippen LogP) is 3.07. The molecule has 2 rings (SSSR count). The van der Waals surface area contributed by atoms with Crippen LogP contribution >= 0.6 is 0 Å². The van der Waals surface area contributed by atoms with Crippen LogP contribution in [0.1, 0.15) is 13.8 Å².